The van der Waals surface area contributed by atoms with Crippen LogP contribution in [-0.4, -0.2) is 145 Å². The van der Waals surface area contributed by atoms with Crippen LogP contribution in [0.2, 0.25) is 0 Å². The van der Waals surface area contributed by atoms with Crippen LogP contribution in [-0.2, 0) is 49.4 Å². The third-order valence-corrected chi connectivity index (χ3v) is 12.7. The molecule has 18 nitrogen and oxygen atoms in total. The zero-order chi connectivity index (χ0) is 44.5. The number of aromatic nitrogens is 4. The summed E-state index contributed by atoms with van der Waals surface area (Å²) in [5, 5.41) is 35.0. The van der Waals surface area contributed by atoms with Crippen molar-refractivity contribution in [1.29, 1.82) is 0 Å². The van der Waals surface area contributed by atoms with Gasteiger partial charge in [-0.15, -0.1) is 21.5 Å². The molecule has 330 valence electrons. The number of alkyl carbamates (subject to hydrolysis) is 1. The van der Waals surface area contributed by atoms with E-state index in [1.54, 1.807) is 60.8 Å². The zero-order valence-corrected chi connectivity index (χ0v) is 36.3. The smallest absolute Gasteiger partial charge is 0.408 e. The first kappa shape index (κ1) is 46.7. The number of amides is 1. The Morgan fingerprint density at radius 1 is 1.13 bits per heavy atom. The van der Waals surface area contributed by atoms with Gasteiger partial charge in [-0.25, -0.2) is 14.0 Å². The third kappa shape index (κ3) is 9.71. The van der Waals surface area contributed by atoms with Crippen LogP contribution in [0.1, 0.15) is 79.5 Å². The molecule has 0 aliphatic carbocycles. The molecule has 0 bridgehead atoms. The summed E-state index contributed by atoms with van der Waals surface area (Å²) in [6.07, 6.45) is -6.15. The number of carboxylic acid groups (broad SMARTS) is 1. The van der Waals surface area contributed by atoms with Gasteiger partial charge in [0.1, 0.15) is 24.6 Å². The lowest BCUT2D eigenvalue weighted by Gasteiger charge is -2.47. The number of cyclic esters (lactones) is 1. The molecule has 0 aromatic carbocycles. The summed E-state index contributed by atoms with van der Waals surface area (Å²) >= 11 is 1.22. The highest BCUT2D eigenvalue weighted by Crippen LogP contribution is 2.41. The van der Waals surface area contributed by atoms with Crippen molar-refractivity contribution in [3.8, 4) is 22.5 Å². The second kappa shape index (κ2) is 18.3. The molecule has 20 heteroatoms. The number of ketones is 2. The molecule has 3 aliphatic heterocycles. The zero-order valence-electron chi connectivity index (χ0n) is 35.5. The molecule has 3 aliphatic rings. The highest BCUT2D eigenvalue weighted by atomic mass is 32.1. The van der Waals surface area contributed by atoms with E-state index in [0.717, 1.165) is 11.7 Å². The van der Waals surface area contributed by atoms with Crippen LogP contribution < -0.4 is 5.32 Å². The number of hydrogen-bond donors (Lipinski definition) is 3. The number of fused-ring (bicyclic) bond motifs is 1. The lowest BCUT2D eigenvalue weighted by Crippen LogP contribution is -2.61. The van der Waals surface area contributed by atoms with Gasteiger partial charge in [-0.3, -0.25) is 14.4 Å². The maximum Gasteiger partial charge on any atom is 0.408 e. The molecular formula is C40H55FN6O12S. The van der Waals surface area contributed by atoms with Crippen molar-refractivity contribution in [2.45, 2.75) is 141 Å². The van der Waals surface area contributed by atoms with Crippen LogP contribution in [0, 0.1) is 29.6 Å². The van der Waals surface area contributed by atoms with Crippen molar-refractivity contribution in [3.63, 3.8) is 0 Å². The molecule has 3 saturated heterocycles. The third-order valence-electron chi connectivity index (χ3n) is 11.7. The number of hydrogen-bond acceptors (Lipinski definition) is 16. The summed E-state index contributed by atoms with van der Waals surface area (Å²) in [4.78, 5) is 70.3. The number of nitrogens with one attached hydrogen (secondary N) is 1. The fourth-order valence-electron chi connectivity index (χ4n) is 8.51. The summed E-state index contributed by atoms with van der Waals surface area (Å²) in [7, 11) is 3.58. The molecule has 0 spiro atoms. The van der Waals surface area contributed by atoms with E-state index in [0.29, 0.717) is 16.2 Å². The molecule has 5 heterocycles. The fourth-order valence-corrected chi connectivity index (χ4v) is 9.31. The van der Waals surface area contributed by atoms with E-state index in [-0.39, 0.29) is 31.1 Å². The fraction of sp³-hybridized carbons (Fsp3) is 0.700. The number of esters is 1. The van der Waals surface area contributed by atoms with E-state index in [1.165, 1.54) is 25.2 Å². The molecule has 0 radical (unpaired) electrons. The van der Waals surface area contributed by atoms with Crippen LogP contribution >= 0.6 is 11.3 Å². The summed E-state index contributed by atoms with van der Waals surface area (Å²) in [6.45, 7) is 11.2. The number of likely N-dealkylation sites (N-methyl/N-ethyl adjacent to an activating group) is 1. The maximum atomic E-state index is 16.9. The molecule has 2 aromatic rings. The van der Waals surface area contributed by atoms with Crippen molar-refractivity contribution >= 4 is 40.9 Å². The predicted molar refractivity (Wildman–Crippen MR) is 211 cm³/mol. The van der Waals surface area contributed by atoms with Crippen LogP contribution in [0.5, 0.6) is 0 Å². The highest BCUT2D eigenvalue weighted by molar-refractivity contribution is 7.15. The SMILES string of the molecule is CC[C@H]1OC(=O)[C@@](C)(F)C(=O)[C@H](C)[C@@H](O[C@@H]2O[C@H](C)C[C@H](N(C)C)[C@H]2O)[C@@](C)(OCC#Cc2ccc(-c3nnn(CC(=O)O)n3)s2)C[C@@H](C)C(=O)[C@H](C)[C@H]2NC(=O)O[C@@]21C. The molecule has 0 unspecified atom stereocenters. The molecular weight excluding hydrogens is 808 g/mol. The Kier molecular flexibility index (Phi) is 14.2. The van der Waals surface area contributed by atoms with E-state index in [9.17, 15) is 29.1 Å². The number of aliphatic carboxylic acids is 1. The van der Waals surface area contributed by atoms with Crippen LogP contribution in [0.15, 0.2) is 12.1 Å². The van der Waals surface area contributed by atoms with Gasteiger partial charge in [0, 0.05) is 23.8 Å². The van der Waals surface area contributed by atoms with Gasteiger partial charge in [-0.05, 0) is 78.4 Å². The quantitative estimate of drug-likeness (QED) is 0.187. The number of aliphatic hydroxyl groups is 1. The number of carbonyl (C=O) groups is 5. The van der Waals surface area contributed by atoms with Crippen LogP contribution in [0.25, 0.3) is 10.7 Å². The predicted octanol–water partition coefficient (Wildman–Crippen LogP) is 2.79. The van der Waals surface area contributed by atoms with Crippen molar-refractivity contribution in [1.82, 2.24) is 30.4 Å². The largest absolute Gasteiger partial charge is 0.480 e. The van der Waals surface area contributed by atoms with Crippen molar-refractivity contribution in [2.24, 2.45) is 17.8 Å². The summed E-state index contributed by atoms with van der Waals surface area (Å²) in [5.74, 6) is -1.26. The number of alkyl halides is 1. The number of carboxylic acids is 1. The summed E-state index contributed by atoms with van der Waals surface area (Å²) < 4.78 is 47.4. The minimum absolute atomic E-state index is 0.0584. The minimum atomic E-state index is -3.25. The number of aliphatic hydroxyl groups excluding tert-OH is 1. The van der Waals surface area contributed by atoms with Gasteiger partial charge in [0.2, 0.25) is 5.82 Å². The van der Waals surface area contributed by atoms with Gasteiger partial charge in [-0.2, -0.15) is 4.80 Å². The van der Waals surface area contributed by atoms with Crippen LogP contribution in [0.3, 0.4) is 0 Å². The van der Waals surface area contributed by atoms with Crippen LogP contribution in [0.4, 0.5) is 9.18 Å². The first-order valence-corrected chi connectivity index (χ1v) is 20.7. The lowest BCUT2D eigenvalue weighted by atomic mass is 9.73. The number of rotatable bonds is 9. The van der Waals surface area contributed by atoms with Gasteiger partial charge in [0.15, 0.2) is 24.2 Å². The Morgan fingerprint density at radius 2 is 1.83 bits per heavy atom. The Morgan fingerprint density at radius 3 is 2.48 bits per heavy atom. The van der Waals surface area contributed by atoms with Gasteiger partial charge >= 0.3 is 18.0 Å². The number of halogens is 1. The van der Waals surface area contributed by atoms with Gasteiger partial charge in [-0.1, -0.05) is 39.5 Å². The van der Waals surface area contributed by atoms with Gasteiger partial charge in [0.25, 0.3) is 5.67 Å². The Bertz CT molecular complexity index is 2000. The summed E-state index contributed by atoms with van der Waals surface area (Å²) in [6, 6.07) is 1.97. The Balaban J connectivity index is 1.55. The van der Waals surface area contributed by atoms with E-state index in [1.807, 2.05) is 4.90 Å². The topological polar surface area (TPSA) is 231 Å². The Labute approximate surface area is 351 Å². The number of thiophene rings is 1. The first-order chi connectivity index (χ1) is 28.0. The average molecular weight is 863 g/mol. The molecule has 2 aromatic heterocycles. The van der Waals surface area contributed by atoms with E-state index < -0.39 is 108 Å². The number of nitrogens with zero attached hydrogens (tertiary/aromatic N) is 5. The van der Waals surface area contributed by atoms with Crippen molar-refractivity contribution in [2.75, 3.05) is 20.7 Å². The number of ether oxygens (including phenoxy) is 5. The molecule has 13 atom stereocenters. The maximum absolute atomic E-state index is 16.9. The van der Waals surface area contributed by atoms with Gasteiger partial charge < -0.3 is 44.1 Å². The first-order valence-electron chi connectivity index (χ1n) is 19.9. The normalized spacial score (nSPS) is 36.7. The van der Waals surface area contributed by atoms with Crippen molar-refractivity contribution < 1.29 is 62.3 Å². The second-order valence-corrected chi connectivity index (χ2v) is 17.8. The standard InChI is InChI=1S/C40H55FN6O12S/c1-11-27-40(8)31(42-37(54)59-40)22(4)29(50)20(2)18-38(6,55-16-12-13-24-14-15-26(60-24)34-43-45-47(44-34)19-28(48)49)33(23(5)32(52)39(7,41)36(53)57-27)58-35-30(51)25(46(9)10)17-21(3)56-35/h14-15,20-23,25,27,30-31,33,35,51H,11,16-19H2,1-10H3,(H,42,54)(H,48,49)/t20-,21-,22+,23+,25+,27-,30-,31-,33-,35+,38+,39+,40-/m1/s1. The molecule has 3 N–H and O–H groups in total. The summed E-state index contributed by atoms with van der Waals surface area (Å²) in [5.41, 5.74) is -6.50. The number of Topliss-reactive ketones (excluding diaryl/α,β-unsaturated/α-hetero) is 2. The molecule has 60 heavy (non-hydrogen) atoms. The van der Waals surface area contributed by atoms with Crippen molar-refractivity contribution in [3.05, 3.63) is 17.0 Å². The van der Waals surface area contributed by atoms with E-state index in [2.05, 4.69) is 32.6 Å². The number of tetrazole rings is 1. The molecule has 1 amide bonds. The highest BCUT2D eigenvalue weighted by Gasteiger charge is 2.59. The Hall–Kier alpha value is -4.39. The second-order valence-electron chi connectivity index (χ2n) is 16.7. The van der Waals surface area contributed by atoms with Gasteiger partial charge in [0.05, 0.1) is 33.6 Å². The minimum Gasteiger partial charge on any atom is -0.480 e. The molecule has 0 saturated carbocycles. The molecule has 3 fully saturated rings. The van der Waals surface area contributed by atoms with E-state index >= 15 is 4.39 Å². The lowest BCUT2D eigenvalue weighted by molar-refractivity contribution is -0.296. The molecule has 5 rings (SSSR count). The average Bonchev–Trinajstić information content (AvgIpc) is 3.92. The monoisotopic (exact) mass is 862 g/mol. The number of carbonyl (C=O) groups excluding carboxylic acids is 4. The van der Waals surface area contributed by atoms with E-state index in [4.69, 9.17) is 28.8 Å².